The van der Waals surface area contributed by atoms with Gasteiger partial charge in [-0.15, -0.1) is 0 Å². The average molecular weight is 293 g/mol. The van der Waals surface area contributed by atoms with Crippen molar-refractivity contribution in [2.75, 3.05) is 13.7 Å². The average Bonchev–Trinajstić information content (AvgIpc) is 2.54. The molecule has 21 heavy (non-hydrogen) atoms. The van der Waals surface area contributed by atoms with Crippen LogP contribution in [0.25, 0.3) is 0 Å². The second-order valence-corrected chi connectivity index (χ2v) is 5.75. The molecule has 0 amide bonds. The molecule has 0 radical (unpaired) electrons. The van der Waals surface area contributed by atoms with Crippen LogP contribution < -0.4 is 10.5 Å². The van der Waals surface area contributed by atoms with Crippen molar-refractivity contribution in [3.63, 3.8) is 0 Å². The van der Waals surface area contributed by atoms with Crippen molar-refractivity contribution in [3.05, 3.63) is 29.8 Å². The highest BCUT2D eigenvalue weighted by atomic mass is 16.5. The molecule has 2 N–H and O–H groups in total. The molecule has 0 saturated carbocycles. The Hall–Kier alpha value is -1.06. The molecule has 120 valence electrons. The quantitative estimate of drug-likeness (QED) is 0.699. The minimum absolute atomic E-state index is 0.0223. The van der Waals surface area contributed by atoms with Gasteiger partial charge in [0.25, 0.3) is 0 Å². The summed E-state index contributed by atoms with van der Waals surface area (Å²) in [6, 6.07) is 7.81. The first-order valence-electron chi connectivity index (χ1n) is 8.13. The molecule has 0 aliphatic heterocycles. The lowest BCUT2D eigenvalue weighted by Gasteiger charge is -2.24. The monoisotopic (exact) mass is 293 g/mol. The number of rotatable bonds is 10. The van der Waals surface area contributed by atoms with Crippen molar-refractivity contribution in [1.29, 1.82) is 0 Å². The van der Waals surface area contributed by atoms with Crippen molar-refractivity contribution in [1.82, 2.24) is 0 Å². The number of unbranched alkanes of at least 4 members (excludes halogenated alkanes) is 1. The van der Waals surface area contributed by atoms with Gasteiger partial charge in [0.05, 0.1) is 19.3 Å². The number of hydrogen-bond acceptors (Lipinski definition) is 3. The predicted octanol–water partition coefficient (Wildman–Crippen LogP) is 4.32. The van der Waals surface area contributed by atoms with E-state index in [4.69, 9.17) is 15.2 Å². The Bertz CT molecular complexity index is 377. The van der Waals surface area contributed by atoms with Crippen molar-refractivity contribution in [2.24, 2.45) is 11.7 Å². The molecule has 0 bridgehead atoms. The first kappa shape index (κ1) is 18.0. The molecule has 3 unspecified atom stereocenters. The van der Waals surface area contributed by atoms with Crippen LogP contribution in [-0.4, -0.2) is 19.8 Å². The van der Waals surface area contributed by atoms with E-state index in [0.717, 1.165) is 17.9 Å². The highest BCUT2D eigenvalue weighted by Crippen LogP contribution is 2.21. The lowest BCUT2D eigenvalue weighted by atomic mass is 9.99. The van der Waals surface area contributed by atoms with Gasteiger partial charge in [0.1, 0.15) is 5.75 Å². The molecule has 1 aromatic carbocycles. The number of benzene rings is 1. The van der Waals surface area contributed by atoms with Crippen molar-refractivity contribution in [3.8, 4) is 5.75 Å². The molecule has 0 aromatic heterocycles. The zero-order chi connectivity index (χ0) is 15.7. The standard InChI is InChI=1S/C18H31NO2/c1-5-7-8-15(6-2)13-21-14(3)18(19)16-9-11-17(20-4)12-10-16/h9-12,14-15,18H,5-8,13,19H2,1-4H3. The topological polar surface area (TPSA) is 44.5 Å². The van der Waals surface area contributed by atoms with Gasteiger partial charge in [0, 0.05) is 6.61 Å². The summed E-state index contributed by atoms with van der Waals surface area (Å²) >= 11 is 0. The lowest BCUT2D eigenvalue weighted by Crippen LogP contribution is -2.28. The molecule has 1 aromatic rings. The zero-order valence-corrected chi connectivity index (χ0v) is 14.0. The molecular weight excluding hydrogens is 262 g/mol. The SMILES string of the molecule is CCCCC(CC)COC(C)C(N)c1ccc(OC)cc1. The fourth-order valence-electron chi connectivity index (χ4n) is 2.39. The second-order valence-electron chi connectivity index (χ2n) is 5.75. The molecule has 3 nitrogen and oxygen atoms in total. The summed E-state index contributed by atoms with van der Waals surface area (Å²) in [6.45, 7) is 7.33. The van der Waals surface area contributed by atoms with Crippen LogP contribution in [0.2, 0.25) is 0 Å². The molecule has 0 spiro atoms. The van der Waals surface area contributed by atoms with E-state index in [1.165, 1.54) is 25.7 Å². The van der Waals surface area contributed by atoms with E-state index in [1.807, 2.05) is 24.3 Å². The van der Waals surface area contributed by atoms with Gasteiger partial charge in [0.15, 0.2) is 0 Å². The van der Waals surface area contributed by atoms with Crippen LogP contribution in [0, 0.1) is 5.92 Å². The van der Waals surface area contributed by atoms with Crippen molar-refractivity contribution < 1.29 is 9.47 Å². The summed E-state index contributed by atoms with van der Waals surface area (Å²) in [5, 5.41) is 0. The Morgan fingerprint density at radius 1 is 1.14 bits per heavy atom. The van der Waals surface area contributed by atoms with Gasteiger partial charge >= 0.3 is 0 Å². The summed E-state index contributed by atoms with van der Waals surface area (Å²) in [6.07, 6.45) is 4.97. The number of hydrogen-bond donors (Lipinski definition) is 1. The Labute approximate surface area is 129 Å². The molecule has 1 rings (SSSR count). The third-order valence-corrected chi connectivity index (χ3v) is 4.14. The lowest BCUT2D eigenvalue weighted by molar-refractivity contribution is 0.0216. The molecular formula is C18H31NO2. The van der Waals surface area contributed by atoms with Gasteiger partial charge < -0.3 is 15.2 Å². The molecule has 0 fully saturated rings. The highest BCUT2D eigenvalue weighted by Gasteiger charge is 2.17. The van der Waals surface area contributed by atoms with Crippen LogP contribution in [0.1, 0.15) is 58.1 Å². The summed E-state index contributed by atoms with van der Waals surface area (Å²) in [7, 11) is 1.67. The second kappa shape index (κ2) is 9.80. The fraction of sp³-hybridized carbons (Fsp3) is 0.667. The normalized spacial score (nSPS) is 15.5. The maximum absolute atomic E-state index is 6.29. The summed E-state index contributed by atoms with van der Waals surface area (Å²) in [4.78, 5) is 0. The molecule has 0 aliphatic rings. The van der Waals surface area contributed by atoms with E-state index in [1.54, 1.807) is 7.11 Å². The Kier molecular flexibility index (Phi) is 8.40. The van der Waals surface area contributed by atoms with E-state index in [-0.39, 0.29) is 12.1 Å². The maximum atomic E-state index is 6.29. The van der Waals surface area contributed by atoms with Gasteiger partial charge in [0.2, 0.25) is 0 Å². The van der Waals surface area contributed by atoms with Crippen molar-refractivity contribution in [2.45, 2.75) is 58.6 Å². The predicted molar refractivity (Wildman–Crippen MR) is 88.6 cm³/mol. The van der Waals surface area contributed by atoms with Crippen LogP contribution in [0.3, 0.4) is 0 Å². The smallest absolute Gasteiger partial charge is 0.118 e. The van der Waals surface area contributed by atoms with Gasteiger partial charge in [-0.25, -0.2) is 0 Å². The van der Waals surface area contributed by atoms with Crippen molar-refractivity contribution >= 4 is 0 Å². The van der Waals surface area contributed by atoms with Gasteiger partial charge in [-0.2, -0.15) is 0 Å². The van der Waals surface area contributed by atoms with Crippen LogP contribution >= 0.6 is 0 Å². The van der Waals surface area contributed by atoms with E-state index in [0.29, 0.717) is 5.92 Å². The Morgan fingerprint density at radius 2 is 1.81 bits per heavy atom. The summed E-state index contributed by atoms with van der Waals surface area (Å²) < 4.78 is 11.2. The molecule has 0 aliphatic carbocycles. The van der Waals surface area contributed by atoms with Crippen LogP contribution in [0.5, 0.6) is 5.75 Å². The van der Waals surface area contributed by atoms with E-state index in [2.05, 4.69) is 20.8 Å². The fourth-order valence-corrected chi connectivity index (χ4v) is 2.39. The number of ether oxygens (including phenoxy) is 2. The molecule has 0 saturated heterocycles. The molecule has 3 atom stereocenters. The van der Waals surface area contributed by atoms with E-state index >= 15 is 0 Å². The third kappa shape index (κ3) is 6.06. The van der Waals surface area contributed by atoms with Crippen LogP contribution in [-0.2, 0) is 4.74 Å². The van der Waals surface area contributed by atoms with Crippen LogP contribution in [0.4, 0.5) is 0 Å². The third-order valence-electron chi connectivity index (χ3n) is 4.14. The largest absolute Gasteiger partial charge is 0.497 e. The van der Waals surface area contributed by atoms with Gasteiger partial charge in [-0.3, -0.25) is 0 Å². The minimum atomic E-state index is -0.0976. The van der Waals surface area contributed by atoms with Gasteiger partial charge in [-0.05, 0) is 37.0 Å². The molecule has 3 heteroatoms. The highest BCUT2D eigenvalue weighted by molar-refractivity contribution is 5.29. The van der Waals surface area contributed by atoms with Crippen LogP contribution in [0.15, 0.2) is 24.3 Å². The first-order valence-corrected chi connectivity index (χ1v) is 8.13. The first-order chi connectivity index (χ1) is 10.1. The summed E-state index contributed by atoms with van der Waals surface area (Å²) in [5.41, 5.74) is 7.38. The number of nitrogens with two attached hydrogens (primary N) is 1. The molecule has 0 heterocycles. The van der Waals surface area contributed by atoms with Gasteiger partial charge in [-0.1, -0.05) is 45.2 Å². The van der Waals surface area contributed by atoms with E-state index in [9.17, 15) is 0 Å². The zero-order valence-electron chi connectivity index (χ0n) is 14.0. The summed E-state index contributed by atoms with van der Waals surface area (Å²) in [5.74, 6) is 1.50. The maximum Gasteiger partial charge on any atom is 0.118 e. The Balaban J connectivity index is 2.47. The minimum Gasteiger partial charge on any atom is -0.497 e. The van der Waals surface area contributed by atoms with E-state index < -0.39 is 0 Å². The number of methoxy groups -OCH3 is 1. The Morgan fingerprint density at radius 3 is 2.33 bits per heavy atom.